The van der Waals surface area contributed by atoms with Crippen molar-refractivity contribution in [1.29, 1.82) is 0 Å². The van der Waals surface area contributed by atoms with Gasteiger partial charge in [0.15, 0.2) is 0 Å². The highest BCUT2D eigenvalue weighted by Gasteiger charge is 2.09. The first-order valence-corrected chi connectivity index (χ1v) is 6.26. The van der Waals surface area contributed by atoms with E-state index in [9.17, 15) is 0 Å². The SMILES string of the molecule is Brc1ccc(CNN2CCOCC2)s1. The maximum absolute atomic E-state index is 5.27. The van der Waals surface area contributed by atoms with E-state index < -0.39 is 0 Å². The van der Waals surface area contributed by atoms with Crippen LogP contribution in [0.3, 0.4) is 0 Å². The van der Waals surface area contributed by atoms with Crippen LogP contribution >= 0.6 is 27.3 Å². The number of hydrazine groups is 1. The molecule has 2 rings (SSSR count). The average molecular weight is 277 g/mol. The van der Waals surface area contributed by atoms with Gasteiger partial charge in [-0.05, 0) is 28.1 Å². The van der Waals surface area contributed by atoms with E-state index in [0.717, 1.165) is 32.8 Å². The zero-order valence-electron chi connectivity index (χ0n) is 7.83. The Labute approximate surface area is 96.2 Å². The minimum absolute atomic E-state index is 0.834. The van der Waals surface area contributed by atoms with Crippen molar-refractivity contribution in [3.63, 3.8) is 0 Å². The predicted octanol–water partition coefficient (Wildman–Crippen LogP) is 1.85. The summed E-state index contributed by atoms with van der Waals surface area (Å²) < 4.78 is 6.46. The van der Waals surface area contributed by atoms with Crippen molar-refractivity contribution in [2.45, 2.75) is 6.54 Å². The standard InChI is InChI=1S/C9H13BrN2OS/c10-9-2-1-8(14-9)7-11-12-3-5-13-6-4-12/h1-2,11H,3-7H2. The summed E-state index contributed by atoms with van der Waals surface area (Å²) in [4.78, 5) is 1.35. The van der Waals surface area contributed by atoms with Crippen LogP contribution in [0.5, 0.6) is 0 Å². The first kappa shape index (κ1) is 10.6. The average Bonchev–Trinajstić information content (AvgIpc) is 2.63. The molecule has 0 atom stereocenters. The van der Waals surface area contributed by atoms with Gasteiger partial charge in [-0.25, -0.2) is 10.4 Å². The summed E-state index contributed by atoms with van der Waals surface area (Å²) in [5.74, 6) is 0. The molecule has 0 aliphatic carbocycles. The maximum Gasteiger partial charge on any atom is 0.0701 e. The highest BCUT2D eigenvalue weighted by Crippen LogP contribution is 2.21. The van der Waals surface area contributed by atoms with Crippen LogP contribution in [0.25, 0.3) is 0 Å². The van der Waals surface area contributed by atoms with E-state index >= 15 is 0 Å². The molecule has 0 spiro atoms. The Kier molecular flexibility index (Phi) is 3.95. The van der Waals surface area contributed by atoms with Gasteiger partial charge in [-0.1, -0.05) is 0 Å². The largest absolute Gasteiger partial charge is 0.379 e. The van der Waals surface area contributed by atoms with E-state index in [1.54, 1.807) is 11.3 Å². The van der Waals surface area contributed by atoms with Crippen LogP contribution in [0.1, 0.15) is 4.88 Å². The fraction of sp³-hybridized carbons (Fsp3) is 0.556. The zero-order chi connectivity index (χ0) is 9.80. The van der Waals surface area contributed by atoms with Crippen molar-refractivity contribution in [3.05, 3.63) is 20.8 Å². The van der Waals surface area contributed by atoms with Gasteiger partial charge in [-0.3, -0.25) is 0 Å². The molecule has 78 valence electrons. The maximum atomic E-state index is 5.27. The van der Waals surface area contributed by atoms with Crippen LogP contribution in [0.2, 0.25) is 0 Å². The van der Waals surface area contributed by atoms with Gasteiger partial charge in [0.05, 0.1) is 17.0 Å². The van der Waals surface area contributed by atoms with Crippen molar-refractivity contribution in [3.8, 4) is 0 Å². The first-order valence-electron chi connectivity index (χ1n) is 4.65. The van der Waals surface area contributed by atoms with Gasteiger partial charge < -0.3 is 4.74 Å². The quantitative estimate of drug-likeness (QED) is 0.912. The first-order chi connectivity index (χ1) is 6.84. The Bertz CT molecular complexity index is 286. The molecule has 3 nitrogen and oxygen atoms in total. The Morgan fingerprint density at radius 2 is 2.21 bits per heavy atom. The van der Waals surface area contributed by atoms with Gasteiger partial charge >= 0.3 is 0 Å². The second-order valence-electron chi connectivity index (χ2n) is 3.14. The predicted molar refractivity (Wildman–Crippen MR) is 61.3 cm³/mol. The van der Waals surface area contributed by atoms with Gasteiger partial charge in [0.2, 0.25) is 0 Å². The smallest absolute Gasteiger partial charge is 0.0701 e. The molecule has 0 bridgehead atoms. The van der Waals surface area contributed by atoms with Gasteiger partial charge in [0, 0.05) is 24.5 Å². The van der Waals surface area contributed by atoms with Gasteiger partial charge in [-0.2, -0.15) is 0 Å². The van der Waals surface area contributed by atoms with Crippen LogP contribution in [0.4, 0.5) is 0 Å². The molecular weight excluding hydrogens is 264 g/mol. The number of halogens is 1. The third-order valence-electron chi connectivity index (χ3n) is 2.12. The summed E-state index contributed by atoms with van der Waals surface area (Å²) in [5, 5.41) is 2.22. The van der Waals surface area contributed by atoms with Crippen molar-refractivity contribution >= 4 is 27.3 Å². The lowest BCUT2D eigenvalue weighted by Gasteiger charge is -2.26. The molecule has 0 unspecified atom stereocenters. The fourth-order valence-electron chi connectivity index (χ4n) is 1.36. The number of hydrogen-bond donors (Lipinski definition) is 1. The highest BCUT2D eigenvalue weighted by atomic mass is 79.9. The number of ether oxygens (including phenoxy) is 1. The third-order valence-corrected chi connectivity index (χ3v) is 3.74. The molecule has 1 aliphatic heterocycles. The van der Waals surface area contributed by atoms with Crippen LogP contribution in [0, 0.1) is 0 Å². The van der Waals surface area contributed by atoms with Crippen LogP contribution in [0.15, 0.2) is 15.9 Å². The molecule has 0 radical (unpaired) electrons. The van der Waals surface area contributed by atoms with Crippen LogP contribution < -0.4 is 5.43 Å². The Morgan fingerprint density at radius 3 is 2.86 bits per heavy atom. The van der Waals surface area contributed by atoms with Crippen LogP contribution in [-0.4, -0.2) is 31.3 Å². The zero-order valence-corrected chi connectivity index (χ0v) is 10.2. The molecule has 1 aromatic rings. The number of thiophene rings is 1. The minimum Gasteiger partial charge on any atom is -0.379 e. The summed E-state index contributed by atoms with van der Waals surface area (Å²) in [7, 11) is 0. The molecule has 2 heterocycles. The second-order valence-corrected chi connectivity index (χ2v) is 5.69. The third kappa shape index (κ3) is 3.03. The molecule has 1 aliphatic rings. The lowest BCUT2D eigenvalue weighted by atomic mass is 10.4. The Balaban J connectivity index is 1.76. The molecule has 1 saturated heterocycles. The summed E-state index contributed by atoms with van der Waals surface area (Å²) >= 11 is 5.23. The van der Waals surface area contributed by atoms with Crippen molar-refractivity contribution < 1.29 is 4.74 Å². The normalized spacial score (nSPS) is 18.6. The molecule has 0 saturated carbocycles. The molecule has 1 N–H and O–H groups in total. The van der Waals surface area contributed by atoms with E-state index in [1.165, 1.54) is 8.66 Å². The molecule has 1 aromatic heterocycles. The highest BCUT2D eigenvalue weighted by molar-refractivity contribution is 9.11. The minimum atomic E-state index is 0.834. The summed E-state index contributed by atoms with van der Waals surface area (Å²) in [6.45, 7) is 4.54. The molecular formula is C9H13BrN2OS. The van der Waals surface area contributed by atoms with E-state index in [2.05, 4.69) is 38.5 Å². The summed E-state index contributed by atoms with van der Waals surface area (Å²) in [6, 6.07) is 4.23. The molecule has 5 heteroatoms. The van der Waals surface area contributed by atoms with Crippen LogP contribution in [-0.2, 0) is 11.3 Å². The Morgan fingerprint density at radius 1 is 1.43 bits per heavy atom. The lowest BCUT2D eigenvalue weighted by molar-refractivity contribution is 0.0107. The number of rotatable bonds is 3. The number of morpholine rings is 1. The fourth-order valence-corrected chi connectivity index (χ4v) is 2.77. The van der Waals surface area contributed by atoms with Gasteiger partial charge in [0.25, 0.3) is 0 Å². The summed E-state index contributed by atoms with van der Waals surface area (Å²) in [6.07, 6.45) is 0. The number of hydrogen-bond acceptors (Lipinski definition) is 4. The van der Waals surface area contributed by atoms with Crippen molar-refractivity contribution in [1.82, 2.24) is 10.4 Å². The molecule has 0 aromatic carbocycles. The van der Waals surface area contributed by atoms with Gasteiger partial charge in [-0.15, -0.1) is 11.3 Å². The molecule has 14 heavy (non-hydrogen) atoms. The second kappa shape index (κ2) is 5.23. The van der Waals surface area contributed by atoms with Crippen molar-refractivity contribution in [2.75, 3.05) is 26.3 Å². The van der Waals surface area contributed by atoms with Gasteiger partial charge in [0.1, 0.15) is 0 Å². The topological polar surface area (TPSA) is 24.5 Å². The van der Waals surface area contributed by atoms with E-state index in [0.29, 0.717) is 0 Å². The van der Waals surface area contributed by atoms with E-state index in [1.807, 2.05) is 0 Å². The molecule has 1 fully saturated rings. The van der Waals surface area contributed by atoms with E-state index in [-0.39, 0.29) is 0 Å². The molecule has 0 amide bonds. The number of nitrogens with zero attached hydrogens (tertiary/aromatic N) is 1. The van der Waals surface area contributed by atoms with E-state index in [4.69, 9.17) is 4.74 Å². The van der Waals surface area contributed by atoms with Crippen molar-refractivity contribution in [2.24, 2.45) is 0 Å². The Hall–Kier alpha value is 0.0600. The summed E-state index contributed by atoms with van der Waals surface area (Å²) in [5.41, 5.74) is 3.39. The number of nitrogens with one attached hydrogen (secondary N) is 1. The monoisotopic (exact) mass is 276 g/mol. The lowest BCUT2D eigenvalue weighted by Crippen LogP contribution is -2.45.